The zero-order valence-corrected chi connectivity index (χ0v) is 11.4. The lowest BCUT2D eigenvalue weighted by molar-refractivity contribution is 0.601. The van der Waals surface area contributed by atoms with Gasteiger partial charge in [0, 0.05) is 12.5 Å². The Labute approximate surface area is 104 Å². The molecule has 1 heterocycles. The summed E-state index contributed by atoms with van der Waals surface area (Å²) in [5, 5.41) is 0. The normalized spacial score (nSPS) is 12.8. The van der Waals surface area contributed by atoms with Crippen molar-refractivity contribution < 1.29 is 8.42 Å². The maximum atomic E-state index is 11.3. The van der Waals surface area contributed by atoms with Crippen LogP contribution in [0, 0.1) is 0 Å². The van der Waals surface area contributed by atoms with E-state index in [-0.39, 0.29) is 4.90 Å². The lowest BCUT2D eigenvalue weighted by atomic mass is 10.1. The number of rotatable bonds is 5. The van der Waals surface area contributed by atoms with Gasteiger partial charge in [-0.05, 0) is 37.5 Å². The first-order valence-corrected chi connectivity index (χ1v) is 7.69. The SMILES string of the molecule is C/C=C(/CCCC)c1ccc(S(C)(=O)=O)cn1. The van der Waals surface area contributed by atoms with Gasteiger partial charge in [0.05, 0.1) is 10.6 Å². The van der Waals surface area contributed by atoms with Crippen LogP contribution in [0.15, 0.2) is 29.3 Å². The predicted octanol–water partition coefficient (Wildman–Crippen LogP) is 3.08. The average Bonchev–Trinajstić information content (AvgIpc) is 2.29. The zero-order chi connectivity index (χ0) is 12.9. The van der Waals surface area contributed by atoms with Gasteiger partial charge in [0.25, 0.3) is 0 Å². The standard InChI is InChI=1S/C13H19NO2S/c1-4-6-7-11(5-2)13-9-8-12(10-14-13)17(3,15)16/h5,8-10H,4,6-7H2,1-3H3/b11-5-. The van der Waals surface area contributed by atoms with E-state index in [2.05, 4.69) is 11.9 Å². The zero-order valence-electron chi connectivity index (χ0n) is 10.6. The molecule has 1 aromatic heterocycles. The molecule has 17 heavy (non-hydrogen) atoms. The molecule has 0 aliphatic heterocycles. The van der Waals surface area contributed by atoms with Gasteiger partial charge >= 0.3 is 0 Å². The number of pyridine rings is 1. The molecule has 0 N–H and O–H groups in total. The van der Waals surface area contributed by atoms with Crippen LogP contribution in [0.25, 0.3) is 5.57 Å². The molecule has 0 unspecified atom stereocenters. The van der Waals surface area contributed by atoms with Gasteiger partial charge in [0.15, 0.2) is 9.84 Å². The fourth-order valence-electron chi connectivity index (χ4n) is 1.58. The van der Waals surface area contributed by atoms with Gasteiger partial charge in [-0.2, -0.15) is 0 Å². The van der Waals surface area contributed by atoms with Crippen molar-refractivity contribution in [2.24, 2.45) is 0 Å². The second kappa shape index (κ2) is 5.96. The summed E-state index contributed by atoms with van der Waals surface area (Å²) in [5.41, 5.74) is 2.04. The summed E-state index contributed by atoms with van der Waals surface area (Å²) in [4.78, 5) is 4.49. The summed E-state index contributed by atoms with van der Waals surface area (Å²) < 4.78 is 22.6. The monoisotopic (exact) mass is 253 g/mol. The van der Waals surface area contributed by atoms with Gasteiger partial charge in [-0.3, -0.25) is 4.98 Å². The minimum Gasteiger partial charge on any atom is -0.255 e. The smallest absolute Gasteiger partial charge is 0.177 e. The van der Waals surface area contributed by atoms with Crippen molar-refractivity contribution in [2.75, 3.05) is 6.26 Å². The molecule has 0 fully saturated rings. The molecule has 0 amide bonds. The Morgan fingerprint density at radius 3 is 2.53 bits per heavy atom. The number of unbranched alkanes of at least 4 members (excludes halogenated alkanes) is 1. The van der Waals surface area contributed by atoms with Crippen LogP contribution in [-0.4, -0.2) is 19.7 Å². The largest absolute Gasteiger partial charge is 0.255 e. The number of sulfone groups is 1. The van der Waals surface area contributed by atoms with Crippen molar-refractivity contribution in [2.45, 2.75) is 38.0 Å². The van der Waals surface area contributed by atoms with Crippen molar-refractivity contribution >= 4 is 15.4 Å². The highest BCUT2D eigenvalue weighted by molar-refractivity contribution is 7.90. The van der Waals surface area contributed by atoms with Crippen LogP contribution in [0.2, 0.25) is 0 Å². The van der Waals surface area contributed by atoms with E-state index >= 15 is 0 Å². The molecular weight excluding hydrogens is 234 g/mol. The molecule has 4 heteroatoms. The summed E-state index contributed by atoms with van der Waals surface area (Å²) in [6, 6.07) is 3.40. The third-order valence-electron chi connectivity index (χ3n) is 2.64. The Kier molecular flexibility index (Phi) is 4.87. The van der Waals surface area contributed by atoms with Crippen LogP contribution in [-0.2, 0) is 9.84 Å². The quantitative estimate of drug-likeness (QED) is 0.810. The third kappa shape index (κ3) is 3.97. The number of hydrogen-bond acceptors (Lipinski definition) is 3. The molecule has 0 bridgehead atoms. The van der Waals surface area contributed by atoms with E-state index < -0.39 is 9.84 Å². The first kappa shape index (κ1) is 13.9. The van der Waals surface area contributed by atoms with Crippen molar-refractivity contribution in [3.05, 3.63) is 30.1 Å². The molecule has 0 saturated heterocycles. The first-order chi connectivity index (χ1) is 7.99. The van der Waals surface area contributed by atoms with Gasteiger partial charge in [-0.15, -0.1) is 0 Å². The van der Waals surface area contributed by atoms with E-state index in [0.717, 1.165) is 25.0 Å². The van der Waals surface area contributed by atoms with Gasteiger partial charge in [0.2, 0.25) is 0 Å². The summed E-state index contributed by atoms with van der Waals surface area (Å²) in [6.07, 6.45) is 7.90. The summed E-state index contributed by atoms with van der Waals surface area (Å²) in [7, 11) is -3.15. The van der Waals surface area contributed by atoms with Crippen molar-refractivity contribution in [3.63, 3.8) is 0 Å². The maximum Gasteiger partial charge on any atom is 0.177 e. The molecule has 0 aromatic carbocycles. The average molecular weight is 253 g/mol. The Hall–Kier alpha value is -1.16. The number of aromatic nitrogens is 1. The molecule has 0 atom stereocenters. The maximum absolute atomic E-state index is 11.3. The van der Waals surface area contributed by atoms with E-state index in [4.69, 9.17) is 0 Å². The van der Waals surface area contributed by atoms with E-state index in [9.17, 15) is 8.42 Å². The molecule has 1 aromatic rings. The molecule has 94 valence electrons. The van der Waals surface area contributed by atoms with Crippen LogP contribution in [0.1, 0.15) is 38.8 Å². The van der Waals surface area contributed by atoms with Crippen molar-refractivity contribution in [3.8, 4) is 0 Å². The van der Waals surface area contributed by atoms with Gasteiger partial charge < -0.3 is 0 Å². The van der Waals surface area contributed by atoms with Crippen LogP contribution in [0.3, 0.4) is 0 Å². The molecular formula is C13H19NO2S. The van der Waals surface area contributed by atoms with Crippen LogP contribution < -0.4 is 0 Å². The van der Waals surface area contributed by atoms with Crippen LogP contribution in [0.4, 0.5) is 0 Å². The summed E-state index contributed by atoms with van der Waals surface area (Å²) in [6.45, 7) is 4.13. The first-order valence-electron chi connectivity index (χ1n) is 5.80. The molecule has 0 spiro atoms. The van der Waals surface area contributed by atoms with Gasteiger partial charge in [-0.1, -0.05) is 19.4 Å². The minimum absolute atomic E-state index is 0.271. The molecule has 0 aliphatic carbocycles. The molecule has 0 saturated carbocycles. The highest BCUT2D eigenvalue weighted by Gasteiger charge is 2.08. The Balaban J connectivity index is 2.94. The Morgan fingerprint density at radius 1 is 1.41 bits per heavy atom. The highest BCUT2D eigenvalue weighted by Crippen LogP contribution is 2.19. The van der Waals surface area contributed by atoms with Crippen LogP contribution in [0.5, 0.6) is 0 Å². The number of nitrogens with zero attached hydrogens (tertiary/aromatic N) is 1. The van der Waals surface area contributed by atoms with Gasteiger partial charge in [-0.25, -0.2) is 8.42 Å². The summed E-state index contributed by atoms with van der Waals surface area (Å²) in [5.74, 6) is 0. The Bertz CT molecular complexity index is 487. The molecule has 1 rings (SSSR count). The van der Waals surface area contributed by atoms with E-state index in [1.807, 2.05) is 13.0 Å². The predicted molar refractivity (Wildman–Crippen MR) is 70.5 cm³/mol. The van der Waals surface area contributed by atoms with Crippen LogP contribution >= 0.6 is 0 Å². The minimum atomic E-state index is -3.15. The lowest BCUT2D eigenvalue weighted by Crippen LogP contribution is -1.99. The van der Waals surface area contributed by atoms with E-state index in [0.29, 0.717) is 0 Å². The van der Waals surface area contributed by atoms with Crippen molar-refractivity contribution in [1.82, 2.24) is 4.98 Å². The number of hydrogen-bond donors (Lipinski definition) is 0. The van der Waals surface area contributed by atoms with Crippen molar-refractivity contribution in [1.29, 1.82) is 0 Å². The second-order valence-electron chi connectivity index (χ2n) is 4.07. The molecule has 0 aliphatic rings. The fraction of sp³-hybridized carbons (Fsp3) is 0.462. The van der Waals surface area contributed by atoms with E-state index in [1.54, 1.807) is 12.1 Å². The second-order valence-corrected chi connectivity index (χ2v) is 6.08. The summed E-state index contributed by atoms with van der Waals surface area (Å²) >= 11 is 0. The number of allylic oxidation sites excluding steroid dienone is 2. The molecule has 3 nitrogen and oxygen atoms in total. The highest BCUT2D eigenvalue weighted by atomic mass is 32.2. The molecule has 0 radical (unpaired) electrons. The fourth-order valence-corrected chi connectivity index (χ4v) is 2.14. The van der Waals surface area contributed by atoms with E-state index in [1.165, 1.54) is 18.0 Å². The third-order valence-corrected chi connectivity index (χ3v) is 3.74. The Morgan fingerprint density at radius 2 is 2.12 bits per heavy atom. The topological polar surface area (TPSA) is 47.0 Å². The lowest BCUT2D eigenvalue weighted by Gasteiger charge is -2.06. The van der Waals surface area contributed by atoms with Gasteiger partial charge in [0.1, 0.15) is 0 Å².